The summed E-state index contributed by atoms with van der Waals surface area (Å²) in [5.74, 6) is 2.37. The van der Waals surface area contributed by atoms with E-state index in [4.69, 9.17) is 19.2 Å². The Kier molecular flexibility index (Phi) is 7.52. The summed E-state index contributed by atoms with van der Waals surface area (Å²) >= 11 is 0. The van der Waals surface area contributed by atoms with E-state index in [2.05, 4.69) is 20.2 Å². The molecule has 0 unspecified atom stereocenters. The minimum atomic E-state index is -0.402. The molecule has 1 N–H and O–H groups in total. The Labute approximate surface area is 215 Å². The summed E-state index contributed by atoms with van der Waals surface area (Å²) in [6, 6.07) is 7.41. The number of fused-ring (bicyclic) bond motifs is 3. The highest BCUT2D eigenvalue weighted by Gasteiger charge is 2.21. The van der Waals surface area contributed by atoms with Crippen molar-refractivity contribution in [3.63, 3.8) is 0 Å². The average Bonchev–Trinajstić information content (AvgIpc) is 3.42. The van der Waals surface area contributed by atoms with E-state index in [0.717, 1.165) is 62.8 Å². The number of morpholine rings is 1. The molecule has 0 spiro atoms. The highest BCUT2D eigenvalue weighted by Crippen LogP contribution is 2.37. The Balaban J connectivity index is 1.43. The molecule has 1 fully saturated rings. The molecule has 11 nitrogen and oxygen atoms in total. The maximum absolute atomic E-state index is 13.0. The summed E-state index contributed by atoms with van der Waals surface area (Å²) in [4.78, 5) is 30.7. The van der Waals surface area contributed by atoms with Crippen LogP contribution in [0.25, 0.3) is 10.9 Å². The van der Waals surface area contributed by atoms with E-state index in [1.165, 1.54) is 6.20 Å². The Morgan fingerprint density at radius 2 is 2.03 bits per heavy atom. The van der Waals surface area contributed by atoms with E-state index in [0.29, 0.717) is 41.3 Å². The monoisotopic (exact) mass is 507 g/mol. The molecule has 2 aromatic heterocycles. The van der Waals surface area contributed by atoms with Crippen molar-refractivity contribution in [3.8, 4) is 11.5 Å². The summed E-state index contributed by atoms with van der Waals surface area (Å²) < 4.78 is 19.2. The van der Waals surface area contributed by atoms with Crippen LogP contribution in [-0.4, -0.2) is 92.5 Å². The van der Waals surface area contributed by atoms with Gasteiger partial charge in [0.05, 0.1) is 32.5 Å². The van der Waals surface area contributed by atoms with Crippen LogP contribution in [0.3, 0.4) is 0 Å². The van der Waals surface area contributed by atoms with Gasteiger partial charge in [-0.15, -0.1) is 0 Å². The van der Waals surface area contributed by atoms with Gasteiger partial charge in [-0.2, -0.15) is 4.99 Å². The Morgan fingerprint density at radius 3 is 2.76 bits per heavy atom. The molecular weight excluding hydrogens is 474 g/mol. The normalized spacial score (nSPS) is 15.9. The van der Waals surface area contributed by atoms with Crippen molar-refractivity contribution in [1.82, 2.24) is 19.4 Å². The molecule has 0 atom stereocenters. The molecule has 1 saturated heterocycles. The van der Waals surface area contributed by atoms with E-state index in [1.54, 1.807) is 19.2 Å². The van der Waals surface area contributed by atoms with E-state index in [-0.39, 0.29) is 0 Å². The number of rotatable bonds is 8. The molecule has 0 aliphatic carbocycles. The number of carbonyl (C=O) groups excluding carboxylic acids is 1. The van der Waals surface area contributed by atoms with Crippen molar-refractivity contribution in [2.24, 2.45) is 4.99 Å². The van der Waals surface area contributed by atoms with Crippen molar-refractivity contribution in [3.05, 3.63) is 41.6 Å². The first-order valence-corrected chi connectivity index (χ1v) is 12.6. The first kappa shape index (κ1) is 25.0. The van der Waals surface area contributed by atoms with Crippen LogP contribution >= 0.6 is 0 Å². The fraction of sp³-hybridized carbons (Fsp3) is 0.462. The third-order valence-electron chi connectivity index (χ3n) is 6.54. The average molecular weight is 508 g/mol. The zero-order chi connectivity index (χ0) is 25.8. The SMILES string of the molecule is COc1c(OCCCN2CCOCC2)ccc2c3n(c(=NC(=O)c4ccc(N(C)C)nc4)nc12)CCN3. The maximum atomic E-state index is 13.0. The van der Waals surface area contributed by atoms with Crippen LogP contribution in [0, 0.1) is 0 Å². The fourth-order valence-corrected chi connectivity index (χ4v) is 4.57. The number of hydrogen-bond acceptors (Lipinski definition) is 9. The van der Waals surface area contributed by atoms with Gasteiger partial charge in [-0.3, -0.25) is 14.3 Å². The number of amides is 1. The molecule has 11 heteroatoms. The zero-order valence-electron chi connectivity index (χ0n) is 21.6. The standard InChI is InChI=1S/C26H33N7O4/c1-31(2)21-8-5-18(17-28-21)25(34)30-26-29-22-19(24-27-9-11-33(24)26)6-7-20(23(22)35-3)37-14-4-10-32-12-15-36-16-13-32/h5-8,17,27H,4,9-16H2,1-3H3. The second kappa shape index (κ2) is 11.1. The molecule has 3 aromatic rings. The van der Waals surface area contributed by atoms with E-state index < -0.39 is 5.91 Å². The summed E-state index contributed by atoms with van der Waals surface area (Å²) in [5.41, 5.74) is 1.32. The topological polar surface area (TPSA) is 106 Å². The molecule has 2 aliphatic rings. The van der Waals surface area contributed by atoms with Gasteiger partial charge in [0.2, 0.25) is 5.62 Å². The number of aromatic nitrogens is 3. The second-order valence-corrected chi connectivity index (χ2v) is 9.20. The van der Waals surface area contributed by atoms with Crippen LogP contribution in [0.15, 0.2) is 35.5 Å². The van der Waals surface area contributed by atoms with Crippen molar-refractivity contribution in [2.75, 3.05) is 77.4 Å². The Hall–Kier alpha value is -3.70. The van der Waals surface area contributed by atoms with Crippen LogP contribution < -0.4 is 25.3 Å². The van der Waals surface area contributed by atoms with Gasteiger partial charge < -0.3 is 24.4 Å². The number of ether oxygens (including phenoxy) is 3. The number of anilines is 2. The zero-order valence-corrected chi connectivity index (χ0v) is 21.6. The van der Waals surface area contributed by atoms with E-state index in [1.807, 2.05) is 35.7 Å². The Morgan fingerprint density at radius 1 is 1.19 bits per heavy atom. The maximum Gasteiger partial charge on any atom is 0.281 e. The van der Waals surface area contributed by atoms with Gasteiger partial charge >= 0.3 is 0 Å². The van der Waals surface area contributed by atoms with Crippen LogP contribution in [0.5, 0.6) is 11.5 Å². The minimum absolute atomic E-state index is 0.317. The van der Waals surface area contributed by atoms with Gasteiger partial charge in [0.25, 0.3) is 5.91 Å². The minimum Gasteiger partial charge on any atom is -0.491 e. The lowest BCUT2D eigenvalue weighted by molar-refractivity contribution is 0.0357. The number of methoxy groups -OCH3 is 1. The van der Waals surface area contributed by atoms with Crippen LogP contribution in [0.4, 0.5) is 11.6 Å². The van der Waals surface area contributed by atoms with Crippen molar-refractivity contribution in [2.45, 2.75) is 13.0 Å². The summed E-state index contributed by atoms with van der Waals surface area (Å²) in [5, 5.41) is 4.29. The number of benzene rings is 1. The Bertz CT molecular complexity index is 1330. The molecular formula is C26H33N7O4. The van der Waals surface area contributed by atoms with Crippen molar-refractivity contribution in [1.29, 1.82) is 0 Å². The number of nitrogens with one attached hydrogen (secondary N) is 1. The van der Waals surface area contributed by atoms with Crippen molar-refractivity contribution >= 4 is 28.4 Å². The lowest BCUT2D eigenvalue weighted by atomic mass is 10.2. The van der Waals surface area contributed by atoms with Crippen LogP contribution in [0.1, 0.15) is 16.8 Å². The summed E-state index contributed by atoms with van der Waals surface area (Å²) in [6.45, 7) is 6.39. The summed E-state index contributed by atoms with van der Waals surface area (Å²) in [6.07, 6.45) is 2.43. The third kappa shape index (κ3) is 5.37. The molecule has 1 aromatic carbocycles. The number of pyridine rings is 1. The molecule has 2 aliphatic heterocycles. The molecule has 5 rings (SSSR count). The lowest BCUT2D eigenvalue weighted by Gasteiger charge is -2.26. The van der Waals surface area contributed by atoms with E-state index >= 15 is 0 Å². The molecule has 0 bridgehead atoms. The first-order valence-electron chi connectivity index (χ1n) is 12.6. The van der Waals surface area contributed by atoms with Crippen molar-refractivity contribution < 1.29 is 19.0 Å². The van der Waals surface area contributed by atoms with Gasteiger partial charge in [-0.05, 0) is 30.7 Å². The van der Waals surface area contributed by atoms with Crippen LogP contribution in [0.2, 0.25) is 0 Å². The second-order valence-electron chi connectivity index (χ2n) is 9.20. The van der Waals surface area contributed by atoms with Crippen LogP contribution in [-0.2, 0) is 11.3 Å². The number of carbonyl (C=O) groups is 1. The van der Waals surface area contributed by atoms with Gasteiger partial charge in [-0.25, -0.2) is 9.97 Å². The fourth-order valence-electron chi connectivity index (χ4n) is 4.57. The van der Waals surface area contributed by atoms with Gasteiger partial charge in [0.15, 0.2) is 11.5 Å². The van der Waals surface area contributed by atoms with Gasteiger partial charge in [0, 0.05) is 58.4 Å². The summed E-state index contributed by atoms with van der Waals surface area (Å²) in [7, 11) is 5.40. The lowest BCUT2D eigenvalue weighted by Crippen LogP contribution is -2.37. The predicted molar refractivity (Wildman–Crippen MR) is 141 cm³/mol. The highest BCUT2D eigenvalue weighted by atomic mass is 16.5. The quantitative estimate of drug-likeness (QED) is 0.457. The van der Waals surface area contributed by atoms with E-state index in [9.17, 15) is 4.79 Å². The molecule has 4 heterocycles. The third-order valence-corrected chi connectivity index (χ3v) is 6.54. The first-order chi connectivity index (χ1) is 18.0. The molecule has 37 heavy (non-hydrogen) atoms. The molecule has 1 amide bonds. The molecule has 0 saturated carbocycles. The predicted octanol–water partition coefficient (Wildman–Crippen LogP) is 1.77. The largest absolute Gasteiger partial charge is 0.491 e. The number of nitrogens with zero attached hydrogens (tertiary/aromatic N) is 6. The molecule has 0 radical (unpaired) electrons. The van der Waals surface area contributed by atoms with Gasteiger partial charge in [0.1, 0.15) is 17.2 Å². The molecule has 196 valence electrons. The highest BCUT2D eigenvalue weighted by molar-refractivity contribution is 5.96. The number of hydrogen-bond donors (Lipinski definition) is 1. The van der Waals surface area contributed by atoms with Gasteiger partial charge in [-0.1, -0.05) is 0 Å². The smallest absolute Gasteiger partial charge is 0.281 e.